The summed E-state index contributed by atoms with van der Waals surface area (Å²) in [5.41, 5.74) is 1.19. The van der Waals surface area contributed by atoms with Gasteiger partial charge in [-0.15, -0.1) is 24.0 Å². The number of hydrogen-bond donors (Lipinski definition) is 2. The normalized spacial score (nSPS) is 12.9. The van der Waals surface area contributed by atoms with Crippen molar-refractivity contribution < 1.29 is 4.74 Å². The summed E-state index contributed by atoms with van der Waals surface area (Å²) in [6.07, 6.45) is 4.90. The first kappa shape index (κ1) is 21.1. The van der Waals surface area contributed by atoms with E-state index in [1.807, 2.05) is 24.1 Å². The van der Waals surface area contributed by atoms with E-state index in [1.54, 1.807) is 14.2 Å². The Labute approximate surface area is 150 Å². The van der Waals surface area contributed by atoms with Crippen molar-refractivity contribution in [3.8, 4) is 0 Å². The number of rotatable bonds is 8. The molecule has 0 aliphatic carbocycles. The third-order valence-corrected chi connectivity index (χ3v) is 3.24. The molecular weight excluding hydrogens is 395 g/mol. The molecule has 1 atom stereocenters. The summed E-state index contributed by atoms with van der Waals surface area (Å²) in [7, 11) is 9.55. The van der Waals surface area contributed by atoms with Crippen molar-refractivity contribution in [1.29, 1.82) is 0 Å². The molecule has 0 fully saturated rings. The van der Waals surface area contributed by atoms with Gasteiger partial charge in [0.15, 0.2) is 5.96 Å². The first-order valence-corrected chi connectivity index (χ1v) is 7.17. The van der Waals surface area contributed by atoms with Crippen molar-refractivity contribution in [3.05, 3.63) is 18.0 Å². The van der Waals surface area contributed by atoms with Crippen LogP contribution in [0.2, 0.25) is 0 Å². The van der Waals surface area contributed by atoms with E-state index < -0.39 is 0 Å². The number of aryl methyl sites for hydroxylation is 1. The van der Waals surface area contributed by atoms with Crippen LogP contribution in [-0.2, 0) is 11.8 Å². The van der Waals surface area contributed by atoms with E-state index in [0.29, 0.717) is 0 Å². The monoisotopic (exact) mass is 424 g/mol. The van der Waals surface area contributed by atoms with Gasteiger partial charge in [0, 0.05) is 52.7 Å². The van der Waals surface area contributed by atoms with Crippen molar-refractivity contribution in [2.24, 2.45) is 12.0 Å². The third kappa shape index (κ3) is 7.41. The van der Waals surface area contributed by atoms with Gasteiger partial charge in [-0.25, -0.2) is 0 Å². The van der Waals surface area contributed by atoms with E-state index in [2.05, 4.69) is 39.7 Å². The van der Waals surface area contributed by atoms with Gasteiger partial charge in [0.05, 0.1) is 12.2 Å². The van der Waals surface area contributed by atoms with Crippen molar-refractivity contribution in [2.75, 3.05) is 47.9 Å². The number of methoxy groups -OCH3 is 1. The van der Waals surface area contributed by atoms with Gasteiger partial charge < -0.3 is 20.3 Å². The van der Waals surface area contributed by atoms with Crippen LogP contribution in [0.15, 0.2) is 17.4 Å². The Morgan fingerprint density at radius 2 is 2.18 bits per heavy atom. The number of likely N-dealkylation sites (N-methyl/N-ethyl adjacent to an activating group) is 1. The molecule has 0 amide bonds. The second kappa shape index (κ2) is 11.7. The van der Waals surface area contributed by atoms with Crippen LogP contribution in [0.25, 0.3) is 0 Å². The van der Waals surface area contributed by atoms with Gasteiger partial charge in [-0.2, -0.15) is 5.10 Å². The predicted molar refractivity (Wildman–Crippen MR) is 101 cm³/mol. The maximum absolute atomic E-state index is 5.03. The third-order valence-electron chi connectivity index (χ3n) is 3.24. The lowest BCUT2D eigenvalue weighted by Gasteiger charge is -2.24. The standard InChI is InChI=1S/C14H28N6O.HI/c1-15-14(16-7-6-8-21-5)17-10-13(19(2)3)12-9-18-20(4)11-12;/h9,11,13H,6-8,10H2,1-5H3,(H2,15,16,17);1H. The SMILES string of the molecule is CN=C(NCCCOC)NCC(c1cnn(C)c1)N(C)C.I. The van der Waals surface area contributed by atoms with Crippen molar-refractivity contribution >= 4 is 29.9 Å². The maximum atomic E-state index is 5.03. The molecule has 2 N–H and O–H groups in total. The largest absolute Gasteiger partial charge is 0.385 e. The molecule has 0 bridgehead atoms. The van der Waals surface area contributed by atoms with Gasteiger partial charge in [0.2, 0.25) is 0 Å². The predicted octanol–water partition coefficient (Wildman–Crippen LogP) is 0.842. The Bertz CT molecular complexity index is 435. The quantitative estimate of drug-likeness (QED) is 0.280. The van der Waals surface area contributed by atoms with Gasteiger partial charge in [-0.3, -0.25) is 9.67 Å². The molecule has 0 aliphatic rings. The maximum Gasteiger partial charge on any atom is 0.191 e. The highest BCUT2D eigenvalue weighted by Gasteiger charge is 2.16. The molecule has 128 valence electrons. The van der Waals surface area contributed by atoms with Gasteiger partial charge in [-0.1, -0.05) is 0 Å². The summed E-state index contributed by atoms with van der Waals surface area (Å²) < 4.78 is 6.85. The van der Waals surface area contributed by atoms with Crippen molar-refractivity contribution in [1.82, 2.24) is 25.3 Å². The Kier molecular flexibility index (Phi) is 11.2. The van der Waals surface area contributed by atoms with E-state index in [-0.39, 0.29) is 30.0 Å². The summed E-state index contributed by atoms with van der Waals surface area (Å²) in [6, 6.07) is 0.247. The molecule has 0 aromatic carbocycles. The second-order valence-electron chi connectivity index (χ2n) is 5.15. The van der Waals surface area contributed by atoms with Gasteiger partial charge in [0.1, 0.15) is 0 Å². The second-order valence-corrected chi connectivity index (χ2v) is 5.15. The molecule has 0 radical (unpaired) electrons. The number of guanidine groups is 1. The minimum absolute atomic E-state index is 0. The molecular formula is C14H29IN6O. The number of aromatic nitrogens is 2. The van der Waals surface area contributed by atoms with Crippen LogP contribution in [-0.4, -0.2) is 68.6 Å². The molecule has 1 aromatic heterocycles. The fraction of sp³-hybridized carbons (Fsp3) is 0.714. The van der Waals surface area contributed by atoms with Crippen LogP contribution in [0.3, 0.4) is 0 Å². The lowest BCUT2D eigenvalue weighted by Crippen LogP contribution is -2.42. The summed E-state index contributed by atoms with van der Waals surface area (Å²) in [4.78, 5) is 6.40. The molecule has 0 aliphatic heterocycles. The average molecular weight is 424 g/mol. The summed E-state index contributed by atoms with van der Waals surface area (Å²) in [5.74, 6) is 0.807. The summed E-state index contributed by atoms with van der Waals surface area (Å²) >= 11 is 0. The number of aliphatic imine (C=N–C) groups is 1. The van der Waals surface area contributed by atoms with Crippen LogP contribution >= 0.6 is 24.0 Å². The summed E-state index contributed by atoms with van der Waals surface area (Å²) in [6.45, 7) is 2.36. The van der Waals surface area contributed by atoms with Crippen LogP contribution in [0.5, 0.6) is 0 Å². The molecule has 1 rings (SSSR count). The van der Waals surface area contributed by atoms with Crippen molar-refractivity contribution in [2.45, 2.75) is 12.5 Å². The zero-order chi connectivity index (χ0) is 15.7. The number of hydrogen-bond acceptors (Lipinski definition) is 4. The Hall–Kier alpha value is -0.870. The molecule has 0 spiro atoms. The molecule has 1 unspecified atom stereocenters. The van der Waals surface area contributed by atoms with E-state index in [1.165, 1.54) is 5.56 Å². The number of ether oxygens (including phenoxy) is 1. The molecule has 22 heavy (non-hydrogen) atoms. The van der Waals surface area contributed by atoms with Gasteiger partial charge in [-0.05, 0) is 20.5 Å². The van der Waals surface area contributed by atoms with Gasteiger partial charge >= 0.3 is 0 Å². The number of halogens is 1. The molecule has 8 heteroatoms. The highest BCUT2D eigenvalue weighted by atomic mass is 127. The summed E-state index contributed by atoms with van der Waals surface area (Å²) in [5, 5.41) is 10.9. The van der Waals surface area contributed by atoms with Crippen LogP contribution in [0.4, 0.5) is 0 Å². The number of nitrogens with one attached hydrogen (secondary N) is 2. The fourth-order valence-electron chi connectivity index (χ4n) is 2.05. The zero-order valence-electron chi connectivity index (χ0n) is 14.2. The zero-order valence-corrected chi connectivity index (χ0v) is 16.5. The van der Waals surface area contributed by atoms with Crippen LogP contribution in [0.1, 0.15) is 18.0 Å². The Balaban J connectivity index is 0.00000441. The minimum atomic E-state index is 0. The highest BCUT2D eigenvalue weighted by molar-refractivity contribution is 14.0. The van der Waals surface area contributed by atoms with E-state index in [0.717, 1.165) is 32.1 Å². The molecule has 0 saturated heterocycles. The average Bonchev–Trinajstić information content (AvgIpc) is 2.87. The lowest BCUT2D eigenvalue weighted by atomic mass is 10.1. The van der Waals surface area contributed by atoms with E-state index >= 15 is 0 Å². The van der Waals surface area contributed by atoms with Crippen molar-refractivity contribution in [3.63, 3.8) is 0 Å². The molecule has 1 heterocycles. The molecule has 0 saturated carbocycles. The molecule has 7 nitrogen and oxygen atoms in total. The van der Waals surface area contributed by atoms with E-state index in [9.17, 15) is 0 Å². The van der Waals surface area contributed by atoms with E-state index in [4.69, 9.17) is 4.74 Å². The Morgan fingerprint density at radius 1 is 1.45 bits per heavy atom. The smallest absolute Gasteiger partial charge is 0.191 e. The minimum Gasteiger partial charge on any atom is -0.385 e. The first-order valence-electron chi connectivity index (χ1n) is 7.17. The van der Waals surface area contributed by atoms with Crippen LogP contribution < -0.4 is 10.6 Å². The lowest BCUT2D eigenvalue weighted by molar-refractivity contribution is 0.195. The molecule has 1 aromatic rings. The highest BCUT2D eigenvalue weighted by Crippen LogP contribution is 2.15. The first-order chi connectivity index (χ1) is 10.1. The van der Waals surface area contributed by atoms with Gasteiger partial charge in [0.25, 0.3) is 0 Å². The number of nitrogens with zero attached hydrogens (tertiary/aromatic N) is 4. The topological polar surface area (TPSA) is 66.7 Å². The van der Waals surface area contributed by atoms with Crippen LogP contribution in [0, 0.1) is 0 Å². The Morgan fingerprint density at radius 3 is 2.68 bits per heavy atom. The fourth-order valence-corrected chi connectivity index (χ4v) is 2.05.